The summed E-state index contributed by atoms with van der Waals surface area (Å²) in [7, 11) is -2.90. The zero-order valence-electron chi connectivity index (χ0n) is 11.4. The summed E-state index contributed by atoms with van der Waals surface area (Å²) in [5.41, 5.74) is 0. The molecule has 0 spiro atoms. The zero-order chi connectivity index (χ0) is 14.3. The van der Waals surface area contributed by atoms with Crippen LogP contribution in [0.5, 0.6) is 0 Å². The highest BCUT2D eigenvalue weighted by Crippen LogP contribution is 2.32. The fourth-order valence-electron chi connectivity index (χ4n) is 3.07. The minimum Gasteiger partial charge on any atom is -0.355 e. The van der Waals surface area contributed by atoms with Crippen molar-refractivity contribution in [3.63, 3.8) is 0 Å². The first kappa shape index (κ1) is 13.9. The van der Waals surface area contributed by atoms with Crippen LogP contribution >= 0.6 is 0 Å². The van der Waals surface area contributed by atoms with Gasteiger partial charge in [0.25, 0.3) is 0 Å². The topological polar surface area (TPSA) is 83.5 Å². The van der Waals surface area contributed by atoms with E-state index >= 15 is 0 Å². The molecule has 112 valence electrons. The summed E-state index contributed by atoms with van der Waals surface area (Å²) in [5, 5.41) is 2.82. The van der Waals surface area contributed by atoms with Crippen molar-refractivity contribution in [3.8, 4) is 0 Å². The van der Waals surface area contributed by atoms with Gasteiger partial charge in [0.1, 0.15) is 0 Å². The molecule has 2 amide bonds. The standard InChI is InChI=1S/C13H20N2O4S/c16-12-5-10(7-15(12)11-1-2-11)13(17)14-6-9-3-4-20(18,19)8-9/h9-11H,1-8H2,(H,14,17)/t9-,10-/m0/s1. The van der Waals surface area contributed by atoms with Gasteiger partial charge in [0, 0.05) is 25.6 Å². The van der Waals surface area contributed by atoms with Crippen molar-refractivity contribution >= 4 is 21.7 Å². The highest BCUT2D eigenvalue weighted by Gasteiger charge is 2.41. The largest absolute Gasteiger partial charge is 0.355 e. The molecule has 0 bridgehead atoms. The second-order valence-corrected chi connectivity index (χ2v) is 8.42. The average molecular weight is 300 g/mol. The smallest absolute Gasteiger partial charge is 0.225 e. The third-order valence-corrected chi connectivity index (χ3v) is 6.25. The molecule has 3 aliphatic rings. The van der Waals surface area contributed by atoms with E-state index in [1.165, 1.54) is 0 Å². The molecule has 1 aliphatic carbocycles. The normalized spacial score (nSPS) is 32.6. The van der Waals surface area contributed by atoms with Crippen molar-refractivity contribution in [2.75, 3.05) is 24.6 Å². The fourth-order valence-corrected chi connectivity index (χ4v) is 4.93. The highest BCUT2D eigenvalue weighted by molar-refractivity contribution is 7.91. The van der Waals surface area contributed by atoms with Gasteiger partial charge < -0.3 is 10.2 Å². The van der Waals surface area contributed by atoms with E-state index in [9.17, 15) is 18.0 Å². The van der Waals surface area contributed by atoms with Crippen LogP contribution in [0, 0.1) is 11.8 Å². The third-order valence-electron chi connectivity index (χ3n) is 4.41. The third kappa shape index (κ3) is 2.97. The van der Waals surface area contributed by atoms with Crippen molar-refractivity contribution < 1.29 is 18.0 Å². The number of carbonyl (C=O) groups excluding carboxylic acids is 2. The summed E-state index contributed by atoms with van der Waals surface area (Å²) in [6.07, 6.45) is 3.03. The molecular weight excluding hydrogens is 280 g/mol. The van der Waals surface area contributed by atoms with Crippen LogP contribution in [0.4, 0.5) is 0 Å². The van der Waals surface area contributed by atoms with Crippen molar-refractivity contribution in [2.24, 2.45) is 11.8 Å². The summed E-state index contributed by atoms with van der Waals surface area (Å²) in [4.78, 5) is 25.7. The first-order valence-corrected chi connectivity index (χ1v) is 9.04. The van der Waals surface area contributed by atoms with Crippen molar-refractivity contribution in [1.29, 1.82) is 0 Å². The number of amides is 2. The first-order chi connectivity index (χ1) is 9.44. The molecule has 20 heavy (non-hydrogen) atoms. The van der Waals surface area contributed by atoms with Crippen LogP contribution in [0.3, 0.4) is 0 Å². The summed E-state index contributed by atoms with van der Waals surface area (Å²) >= 11 is 0. The van der Waals surface area contributed by atoms with E-state index in [0.29, 0.717) is 32.0 Å². The molecular formula is C13H20N2O4S. The Hall–Kier alpha value is -1.11. The molecule has 7 heteroatoms. The molecule has 2 atom stereocenters. The Bertz CT molecular complexity index is 526. The Kier molecular flexibility index (Phi) is 3.48. The van der Waals surface area contributed by atoms with E-state index in [2.05, 4.69) is 5.32 Å². The molecule has 2 heterocycles. The Balaban J connectivity index is 1.47. The molecule has 2 aliphatic heterocycles. The van der Waals surface area contributed by atoms with Crippen molar-refractivity contribution in [1.82, 2.24) is 10.2 Å². The number of likely N-dealkylation sites (tertiary alicyclic amines) is 1. The van der Waals surface area contributed by atoms with Gasteiger partial charge in [0.2, 0.25) is 11.8 Å². The predicted octanol–water partition coefficient (Wildman–Crippen LogP) is -0.452. The molecule has 6 nitrogen and oxygen atoms in total. The average Bonchev–Trinajstić information content (AvgIpc) is 3.06. The lowest BCUT2D eigenvalue weighted by atomic mass is 10.1. The lowest BCUT2D eigenvalue weighted by Gasteiger charge is -2.16. The summed E-state index contributed by atoms with van der Waals surface area (Å²) in [6, 6.07) is 0.361. The number of nitrogens with one attached hydrogen (secondary N) is 1. The number of hydrogen-bond acceptors (Lipinski definition) is 4. The van der Waals surface area contributed by atoms with Crippen LogP contribution < -0.4 is 5.32 Å². The van der Waals surface area contributed by atoms with Crippen LogP contribution in [0.2, 0.25) is 0 Å². The highest BCUT2D eigenvalue weighted by atomic mass is 32.2. The molecule has 0 aromatic heterocycles. The van der Waals surface area contributed by atoms with Crippen molar-refractivity contribution in [3.05, 3.63) is 0 Å². The molecule has 3 fully saturated rings. The van der Waals surface area contributed by atoms with E-state index in [0.717, 1.165) is 12.8 Å². The van der Waals surface area contributed by atoms with E-state index in [1.807, 2.05) is 4.90 Å². The van der Waals surface area contributed by atoms with E-state index in [1.54, 1.807) is 0 Å². The second kappa shape index (κ2) is 5.02. The Labute approximate surface area is 118 Å². The predicted molar refractivity (Wildman–Crippen MR) is 72.6 cm³/mol. The SMILES string of the molecule is O=C(NC[C@@H]1CCS(=O)(=O)C1)[C@H]1CC(=O)N(C2CC2)C1. The van der Waals surface area contributed by atoms with Crippen molar-refractivity contribution in [2.45, 2.75) is 31.7 Å². The van der Waals surface area contributed by atoms with E-state index in [-0.39, 0.29) is 35.2 Å². The minimum absolute atomic E-state index is 0.0283. The van der Waals surface area contributed by atoms with Gasteiger partial charge >= 0.3 is 0 Å². The van der Waals surface area contributed by atoms with Crippen LogP contribution in [-0.4, -0.2) is 55.8 Å². The first-order valence-electron chi connectivity index (χ1n) is 7.22. The Morgan fingerprint density at radius 3 is 2.65 bits per heavy atom. The summed E-state index contributed by atoms with van der Waals surface area (Å²) in [6.45, 7) is 0.935. The summed E-state index contributed by atoms with van der Waals surface area (Å²) < 4.78 is 22.7. The second-order valence-electron chi connectivity index (χ2n) is 6.19. The van der Waals surface area contributed by atoms with Crippen LogP contribution in [0.25, 0.3) is 0 Å². The molecule has 0 aromatic rings. The quantitative estimate of drug-likeness (QED) is 0.762. The molecule has 0 aromatic carbocycles. The lowest BCUT2D eigenvalue weighted by Crippen LogP contribution is -2.36. The Morgan fingerprint density at radius 2 is 2.05 bits per heavy atom. The maximum atomic E-state index is 12.1. The minimum atomic E-state index is -2.90. The monoisotopic (exact) mass is 300 g/mol. The molecule has 3 rings (SSSR count). The van der Waals surface area contributed by atoms with E-state index < -0.39 is 9.84 Å². The lowest BCUT2D eigenvalue weighted by molar-refractivity contribution is -0.129. The molecule has 2 saturated heterocycles. The fraction of sp³-hybridized carbons (Fsp3) is 0.846. The van der Waals surface area contributed by atoms with Gasteiger partial charge in [-0.05, 0) is 25.2 Å². The Morgan fingerprint density at radius 1 is 1.30 bits per heavy atom. The zero-order valence-corrected chi connectivity index (χ0v) is 12.2. The molecule has 0 radical (unpaired) electrons. The molecule has 1 saturated carbocycles. The van der Waals surface area contributed by atoms with E-state index in [4.69, 9.17) is 0 Å². The number of carbonyl (C=O) groups is 2. The van der Waals surface area contributed by atoms with Gasteiger partial charge in [-0.3, -0.25) is 9.59 Å². The van der Waals surface area contributed by atoms with Crippen LogP contribution in [0.1, 0.15) is 25.7 Å². The van der Waals surface area contributed by atoms with Crippen LogP contribution in [0.15, 0.2) is 0 Å². The number of sulfone groups is 1. The maximum Gasteiger partial charge on any atom is 0.225 e. The maximum absolute atomic E-state index is 12.1. The number of hydrogen-bond donors (Lipinski definition) is 1. The number of rotatable bonds is 4. The van der Waals surface area contributed by atoms with Gasteiger partial charge in [-0.15, -0.1) is 0 Å². The van der Waals surface area contributed by atoms with Gasteiger partial charge in [0.05, 0.1) is 17.4 Å². The molecule has 1 N–H and O–H groups in total. The number of nitrogens with zero attached hydrogens (tertiary/aromatic N) is 1. The van der Waals surface area contributed by atoms with Gasteiger partial charge in [0.15, 0.2) is 9.84 Å². The van der Waals surface area contributed by atoms with Gasteiger partial charge in [-0.1, -0.05) is 0 Å². The van der Waals surface area contributed by atoms with Crippen LogP contribution in [-0.2, 0) is 19.4 Å². The van der Waals surface area contributed by atoms with Gasteiger partial charge in [-0.25, -0.2) is 8.42 Å². The van der Waals surface area contributed by atoms with Gasteiger partial charge in [-0.2, -0.15) is 0 Å². The summed E-state index contributed by atoms with van der Waals surface area (Å²) in [5.74, 6) is 0.138. The molecule has 0 unspecified atom stereocenters.